The van der Waals surface area contributed by atoms with Crippen molar-refractivity contribution in [1.82, 2.24) is 19.5 Å². The molecule has 244 valence electrons. The van der Waals surface area contributed by atoms with Crippen LogP contribution in [0.4, 0.5) is 0 Å². The van der Waals surface area contributed by atoms with E-state index < -0.39 is 0 Å². The van der Waals surface area contributed by atoms with Gasteiger partial charge in [-0.2, -0.15) is 0 Å². The largest absolute Gasteiger partial charge is 0.457 e. The minimum atomic E-state index is 0.601. The van der Waals surface area contributed by atoms with Crippen molar-refractivity contribution in [2.45, 2.75) is 0 Å². The van der Waals surface area contributed by atoms with E-state index in [2.05, 4.69) is 114 Å². The van der Waals surface area contributed by atoms with E-state index in [4.69, 9.17) is 19.4 Å². The lowest BCUT2D eigenvalue weighted by molar-refractivity contribution is 0.656. The zero-order valence-electron chi connectivity index (χ0n) is 28.0. The lowest BCUT2D eigenvalue weighted by Crippen LogP contribution is -2.01. The molecule has 4 bridgehead atoms. The molecule has 0 unspecified atom stereocenters. The second-order valence-corrected chi connectivity index (χ2v) is 12.9. The zero-order chi connectivity index (χ0) is 34.4. The molecule has 2 heterocycles. The Morgan fingerprint density at radius 2 is 0.962 bits per heavy atom. The van der Waals surface area contributed by atoms with E-state index >= 15 is 0 Å². The van der Waals surface area contributed by atoms with Crippen LogP contribution in [0.3, 0.4) is 0 Å². The Morgan fingerprint density at radius 3 is 1.71 bits per heavy atom. The summed E-state index contributed by atoms with van der Waals surface area (Å²) in [5, 5.41) is 6.88. The standard InChI is InChI=1S/C47H30N4O/c1-3-12-32(13-4-1)45-48-46(33-14-5-2-6-15-33)50-47(49-45)36-19-9-20-37(26-36)51-38-21-11-22-39(29-38)52-40-25-24-31-18-10-23-41(42(31)30-40)43-27-34-16-7-8-17-35(34)28-44(43)51/h1-30H. The highest BCUT2D eigenvalue weighted by Crippen LogP contribution is 2.34. The third-order valence-corrected chi connectivity index (χ3v) is 9.62. The Hall–Kier alpha value is -7.11. The van der Waals surface area contributed by atoms with Crippen molar-refractivity contribution in [2.24, 2.45) is 0 Å². The van der Waals surface area contributed by atoms with Gasteiger partial charge in [-0.1, -0.05) is 127 Å². The van der Waals surface area contributed by atoms with Crippen molar-refractivity contribution >= 4 is 54.5 Å². The molecule has 5 nitrogen and oxygen atoms in total. The third kappa shape index (κ3) is 5.32. The average molecular weight is 667 g/mol. The first kappa shape index (κ1) is 29.8. The highest BCUT2D eigenvalue weighted by atomic mass is 16.3. The number of nitrogens with zero attached hydrogens (tertiary/aromatic N) is 4. The van der Waals surface area contributed by atoms with Crippen molar-refractivity contribution in [3.8, 4) is 39.9 Å². The number of aromatic nitrogens is 4. The molecule has 0 radical (unpaired) electrons. The number of hydrogen-bond acceptors (Lipinski definition) is 4. The van der Waals surface area contributed by atoms with Gasteiger partial charge in [-0.3, -0.25) is 0 Å². The van der Waals surface area contributed by atoms with E-state index in [0.29, 0.717) is 17.5 Å². The van der Waals surface area contributed by atoms with Crippen LogP contribution in [-0.2, 0) is 0 Å². The van der Waals surface area contributed by atoms with Crippen LogP contribution in [0.15, 0.2) is 186 Å². The van der Waals surface area contributed by atoms with Crippen LogP contribution < -0.4 is 0 Å². The molecule has 0 amide bonds. The van der Waals surface area contributed by atoms with E-state index in [0.717, 1.165) is 71.5 Å². The molecule has 5 heteroatoms. The van der Waals surface area contributed by atoms with Crippen LogP contribution in [0.5, 0.6) is 0 Å². The second kappa shape index (κ2) is 12.3. The molecule has 0 fully saturated rings. The molecule has 0 atom stereocenters. The quantitative estimate of drug-likeness (QED) is 0.188. The molecule has 2 aromatic heterocycles. The van der Waals surface area contributed by atoms with Crippen LogP contribution in [0.2, 0.25) is 0 Å². The summed E-state index contributed by atoms with van der Waals surface area (Å²) in [7, 11) is 0. The number of hydrogen-bond donors (Lipinski definition) is 0. The maximum Gasteiger partial charge on any atom is 0.164 e. The zero-order valence-corrected chi connectivity index (χ0v) is 28.0. The summed E-state index contributed by atoms with van der Waals surface area (Å²) in [6, 6.07) is 62.9. The minimum Gasteiger partial charge on any atom is -0.457 e. The van der Waals surface area contributed by atoms with Crippen molar-refractivity contribution in [1.29, 1.82) is 0 Å². The summed E-state index contributed by atoms with van der Waals surface area (Å²) in [6.45, 7) is 0. The van der Waals surface area contributed by atoms with Crippen LogP contribution in [0.25, 0.3) is 94.4 Å². The summed E-state index contributed by atoms with van der Waals surface area (Å²) in [5.41, 5.74) is 7.30. The smallest absolute Gasteiger partial charge is 0.164 e. The Labute approximate surface area is 299 Å². The molecular weight excluding hydrogens is 637 g/mol. The van der Waals surface area contributed by atoms with E-state index in [1.165, 1.54) is 5.39 Å². The highest BCUT2D eigenvalue weighted by molar-refractivity contribution is 6.14. The van der Waals surface area contributed by atoms with Crippen LogP contribution in [0.1, 0.15) is 0 Å². The van der Waals surface area contributed by atoms with Gasteiger partial charge in [0.15, 0.2) is 17.5 Å². The van der Waals surface area contributed by atoms with Gasteiger partial charge in [0.2, 0.25) is 0 Å². The van der Waals surface area contributed by atoms with Crippen LogP contribution in [-0.4, -0.2) is 19.5 Å². The lowest BCUT2D eigenvalue weighted by Gasteiger charge is -2.15. The maximum atomic E-state index is 6.52. The fourth-order valence-electron chi connectivity index (χ4n) is 7.15. The molecule has 52 heavy (non-hydrogen) atoms. The van der Waals surface area contributed by atoms with E-state index in [1.54, 1.807) is 0 Å². The normalized spacial score (nSPS) is 11.5. The van der Waals surface area contributed by atoms with Crippen molar-refractivity contribution in [3.05, 3.63) is 182 Å². The van der Waals surface area contributed by atoms with Crippen LogP contribution >= 0.6 is 0 Å². The number of rotatable bonds is 4. The van der Waals surface area contributed by atoms with Crippen molar-refractivity contribution in [3.63, 3.8) is 0 Å². The van der Waals surface area contributed by atoms with Gasteiger partial charge >= 0.3 is 0 Å². The number of fused-ring (bicyclic) bond motifs is 6. The van der Waals surface area contributed by atoms with Gasteiger partial charge < -0.3 is 8.98 Å². The maximum absolute atomic E-state index is 6.52. The Bertz CT molecular complexity index is 2960. The topological polar surface area (TPSA) is 56.7 Å². The fraction of sp³-hybridized carbons (Fsp3) is 0. The molecule has 0 aliphatic heterocycles. The van der Waals surface area contributed by atoms with Gasteiger partial charge in [0, 0.05) is 39.3 Å². The number of benzene rings is 8. The summed E-state index contributed by atoms with van der Waals surface area (Å²) in [6.07, 6.45) is 0. The van der Waals surface area contributed by atoms with E-state index in [-0.39, 0.29) is 0 Å². The van der Waals surface area contributed by atoms with Gasteiger partial charge in [-0.25, -0.2) is 15.0 Å². The van der Waals surface area contributed by atoms with Crippen LogP contribution in [0, 0.1) is 0 Å². The lowest BCUT2D eigenvalue weighted by atomic mass is 10.00. The predicted molar refractivity (Wildman–Crippen MR) is 213 cm³/mol. The van der Waals surface area contributed by atoms with Crippen molar-refractivity contribution in [2.75, 3.05) is 0 Å². The van der Waals surface area contributed by atoms with Gasteiger partial charge in [0.1, 0.15) is 11.2 Å². The molecule has 10 rings (SSSR count). The van der Waals surface area contributed by atoms with E-state index in [1.807, 2.05) is 72.8 Å². The molecule has 0 aliphatic carbocycles. The highest BCUT2D eigenvalue weighted by Gasteiger charge is 2.14. The summed E-state index contributed by atoms with van der Waals surface area (Å²) in [4.78, 5) is 15.0. The fourth-order valence-corrected chi connectivity index (χ4v) is 7.15. The first-order valence-corrected chi connectivity index (χ1v) is 17.3. The molecule has 10 aromatic rings. The summed E-state index contributed by atoms with van der Waals surface area (Å²) in [5.74, 6) is 1.85. The molecule has 0 N–H and O–H groups in total. The first-order valence-electron chi connectivity index (χ1n) is 17.3. The molecular formula is C47H30N4O. The monoisotopic (exact) mass is 666 g/mol. The van der Waals surface area contributed by atoms with Gasteiger partial charge in [0.25, 0.3) is 0 Å². The van der Waals surface area contributed by atoms with Gasteiger partial charge in [0.05, 0.1) is 5.52 Å². The van der Waals surface area contributed by atoms with Gasteiger partial charge in [-0.15, -0.1) is 0 Å². The SMILES string of the molecule is c1ccc(-c2nc(-c3ccccc3)nc(-c3cccc(-n4c5cccc(c5)oc5ccc6cccc(c6c5)c5cc6ccccc6cc54)c3)n2)cc1. The Balaban J connectivity index is 1.31. The second-order valence-electron chi connectivity index (χ2n) is 12.9. The summed E-state index contributed by atoms with van der Waals surface area (Å²) < 4.78 is 8.84. The van der Waals surface area contributed by atoms with E-state index in [9.17, 15) is 0 Å². The molecule has 0 aliphatic rings. The Kier molecular flexibility index (Phi) is 7.07. The van der Waals surface area contributed by atoms with Crippen molar-refractivity contribution < 1.29 is 4.42 Å². The minimum absolute atomic E-state index is 0.601. The predicted octanol–water partition coefficient (Wildman–Crippen LogP) is 12.1. The third-order valence-electron chi connectivity index (χ3n) is 9.62. The van der Waals surface area contributed by atoms with Gasteiger partial charge in [-0.05, 0) is 75.5 Å². The molecule has 0 spiro atoms. The summed E-state index contributed by atoms with van der Waals surface area (Å²) >= 11 is 0. The molecule has 0 saturated carbocycles. The first-order chi connectivity index (χ1) is 25.7. The Morgan fingerprint density at radius 1 is 0.365 bits per heavy atom. The molecule has 8 aromatic carbocycles. The molecule has 0 saturated heterocycles. The average Bonchev–Trinajstić information content (AvgIpc) is 3.22.